The van der Waals surface area contributed by atoms with Crippen LogP contribution in [0.4, 0.5) is 0 Å². The van der Waals surface area contributed by atoms with Crippen LogP contribution in [0.2, 0.25) is 0 Å². The predicted octanol–water partition coefficient (Wildman–Crippen LogP) is 2.69. The maximum absolute atomic E-state index is 12.2. The first-order valence-corrected chi connectivity index (χ1v) is 9.93. The van der Waals surface area contributed by atoms with Crippen LogP contribution in [0.25, 0.3) is 0 Å². The number of amides is 1. The van der Waals surface area contributed by atoms with Crippen LogP contribution in [0.1, 0.15) is 18.1 Å². The third-order valence-electron chi connectivity index (χ3n) is 3.89. The molecule has 0 atom stereocenters. The van der Waals surface area contributed by atoms with E-state index in [1.165, 1.54) is 17.7 Å². The highest BCUT2D eigenvalue weighted by atomic mass is 32.2. The van der Waals surface area contributed by atoms with Crippen LogP contribution >= 0.6 is 0 Å². The van der Waals surface area contributed by atoms with Crippen LogP contribution in [0.15, 0.2) is 53.4 Å². The summed E-state index contributed by atoms with van der Waals surface area (Å²) >= 11 is 0. The molecule has 0 unspecified atom stereocenters. The van der Waals surface area contributed by atoms with Gasteiger partial charge >= 0.3 is 0 Å². The molecule has 0 fully saturated rings. The standard InChI is InChI=1S/C19H23NO4S/c1-4-15-5-7-16(8-6-15)13-20(2)19(21)14-24-17-9-11-18(12-10-17)25(3,22)23/h5-12H,4,13-14H2,1-3H3. The minimum absolute atomic E-state index is 0.0955. The van der Waals surface area contributed by atoms with E-state index in [2.05, 4.69) is 19.1 Å². The van der Waals surface area contributed by atoms with Gasteiger partial charge in [0.25, 0.3) is 5.91 Å². The summed E-state index contributed by atoms with van der Waals surface area (Å²) in [6.07, 6.45) is 2.13. The van der Waals surface area contributed by atoms with Crippen molar-refractivity contribution in [3.63, 3.8) is 0 Å². The average molecular weight is 361 g/mol. The predicted molar refractivity (Wildman–Crippen MR) is 97.3 cm³/mol. The fourth-order valence-corrected chi connectivity index (χ4v) is 2.91. The second-order valence-corrected chi connectivity index (χ2v) is 7.97. The fraction of sp³-hybridized carbons (Fsp3) is 0.316. The van der Waals surface area contributed by atoms with Crippen LogP contribution in [0.5, 0.6) is 5.75 Å². The molecule has 0 aromatic heterocycles. The van der Waals surface area contributed by atoms with Crippen molar-refractivity contribution in [1.82, 2.24) is 4.90 Å². The number of benzene rings is 2. The lowest BCUT2D eigenvalue weighted by Gasteiger charge is -2.18. The first-order chi connectivity index (χ1) is 11.8. The Labute approximate surface area is 149 Å². The summed E-state index contributed by atoms with van der Waals surface area (Å²) in [5, 5.41) is 0. The number of aryl methyl sites for hydroxylation is 1. The summed E-state index contributed by atoms with van der Waals surface area (Å²) in [5.74, 6) is 0.313. The molecule has 0 aliphatic heterocycles. The van der Waals surface area contributed by atoms with E-state index >= 15 is 0 Å². The molecule has 2 rings (SSSR count). The maximum Gasteiger partial charge on any atom is 0.260 e. The smallest absolute Gasteiger partial charge is 0.260 e. The zero-order valence-electron chi connectivity index (χ0n) is 14.7. The molecule has 0 aliphatic carbocycles. The lowest BCUT2D eigenvalue weighted by atomic mass is 10.1. The molecule has 2 aromatic carbocycles. The first kappa shape index (κ1) is 19.0. The Balaban J connectivity index is 1.88. The number of carbonyl (C=O) groups excluding carboxylic acids is 1. The Kier molecular flexibility index (Phi) is 6.20. The van der Waals surface area contributed by atoms with Crippen molar-refractivity contribution in [3.8, 4) is 5.75 Å². The van der Waals surface area contributed by atoms with Gasteiger partial charge in [0.15, 0.2) is 16.4 Å². The van der Waals surface area contributed by atoms with Crippen molar-refractivity contribution >= 4 is 15.7 Å². The number of ether oxygens (including phenoxy) is 1. The topological polar surface area (TPSA) is 63.7 Å². The third-order valence-corrected chi connectivity index (χ3v) is 5.02. The van der Waals surface area contributed by atoms with Crippen LogP contribution in [-0.4, -0.2) is 39.1 Å². The lowest BCUT2D eigenvalue weighted by Crippen LogP contribution is -2.30. The quantitative estimate of drug-likeness (QED) is 0.761. The molecule has 25 heavy (non-hydrogen) atoms. The van der Waals surface area contributed by atoms with Gasteiger partial charge in [0, 0.05) is 19.8 Å². The number of rotatable bonds is 7. The van der Waals surface area contributed by atoms with Crippen molar-refractivity contribution in [1.29, 1.82) is 0 Å². The number of likely N-dealkylation sites (N-methyl/N-ethyl adjacent to an activating group) is 1. The Morgan fingerprint density at radius 2 is 1.56 bits per heavy atom. The molecule has 5 nitrogen and oxygen atoms in total. The van der Waals surface area contributed by atoms with E-state index in [1.54, 1.807) is 24.1 Å². The van der Waals surface area contributed by atoms with Gasteiger partial charge in [0.2, 0.25) is 0 Å². The van der Waals surface area contributed by atoms with Crippen LogP contribution in [0.3, 0.4) is 0 Å². The first-order valence-electron chi connectivity index (χ1n) is 8.04. The molecule has 0 radical (unpaired) electrons. The molecule has 0 heterocycles. The molecule has 0 aliphatic rings. The number of sulfone groups is 1. The van der Waals surface area contributed by atoms with E-state index in [-0.39, 0.29) is 17.4 Å². The van der Waals surface area contributed by atoms with Crippen LogP contribution in [-0.2, 0) is 27.6 Å². The minimum atomic E-state index is -3.23. The Bertz CT molecular complexity index is 812. The molecular formula is C19H23NO4S. The Hall–Kier alpha value is -2.34. The lowest BCUT2D eigenvalue weighted by molar-refractivity contribution is -0.132. The van der Waals surface area contributed by atoms with E-state index < -0.39 is 9.84 Å². The summed E-state index contributed by atoms with van der Waals surface area (Å²) in [4.78, 5) is 14.0. The van der Waals surface area contributed by atoms with E-state index in [0.717, 1.165) is 18.2 Å². The second kappa shape index (κ2) is 8.16. The van der Waals surface area contributed by atoms with Crippen LogP contribution in [0, 0.1) is 0 Å². The number of hydrogen-bond acceptors (Lipinski definition) is 4. The van der Waals surface area contributed by atoms with Gasteiger partial charge in [0.05, 0.1) is 4.90 Å². The Morgan fingerprint density at radius 3 is 2.08 bits per heavy atom. The van der Waals surface area contributed by atoms with Crippen molar-refractivity contribution in [2.24, 2.45) is 0 Å². The van der Waals surface area contributed by atoms with Gasteiger partial charge in [-0.1, -0.05) is 31.2 Å². The zero-order valence-corrected chi connectivity index (χ0v) is 15.5. The highest BCUT2D eigenvalue weighted by molar-refractivity contribution is 7.90. The molecular weight excluding hydrogens is 338 g/mol. The Morgan fingerprint density at radius 1 is 1.00 bits per heavy atom. The second-order valence-electron chi connectivity index (χ2n) is 5.95. The minimum Gasteiger partial charge on any atom is -0.484 e. The zero-order chi connectivity index (χ0) is 18.4. The molecule has 0 N–H and O–H groups in total. The van der Waals surface area contributed by atoms with Gasteiger partial charge in [-0.2, -0.15) is 0 Å². The summed E-state index contributed by atoms with van der Waals surface area (Å²) < 4.78 is 28.3. The number of carbonyl (C=O) groups is 1. The van der Waals surface area contributed by atoms with Gasteiger partial charge in [-0.05, 0) is 41.8 Å². The SMILES string of the molecule is CCc1ccc(CN(C)C(=O)COc2ccc(S(C)(=O)=O)cc2)cc1. The van der Waals surface area contributed by atoms with E-state index in [4.69, 9.17) is 4.74 Å². The van der Waals surface area contributed by atoms with E-state index in [1.807, 2.05) is 12.1 Å². The number of nitrogens with zero attached hydrogens (tertiary/aromatic N) is 1. The highest BCUT2D eigenvalue weighted by Crippen LogP contribution is 2.16. The van der Waals surface area contributed by atoms with Crippen molar-refractivity contribution < 1.29 is 17.9 Å². The van der Waals surface area contributed by atoms with Gasteiger partial charge in [0.1, 0.15) is 5.75 Å². The molecule has 6 heteroatoms. The van der Waals surface area contributed by atoms with Crippen LogP contribution < -0.4 is 4.74 Å². The fourth-order valence-electron chi connectivity index (χ4n) is 2.28. The molecule has 0 spiro atoms. The summed E-state index contributed by atoms with van der Waals surface area (Å²) in [7, 11) is -1.51. The summed E-state index contributed by atoms with van der Waals surface area (Å²) in [5.41, 5.74) is 2.32. The largest absolute Gasteiger partial charge is 0.484 e. The highest BCUT2D eigenvalue weighted by Gasteiger charge is 2.11. The van der Waals surface area contributed by atoms with Crippen molar-refractivity contribution in [3.05, 3.63) is 59.7 Å². The molecule has 134 valence electrons. The third kappa shape index (κ3) is 5.60. The van der Waals surface area contributed by atoms with Gasteiger partial charge in [-0.3, -0.25) is 4.79 Å². The molecule has 0 saturated heterocycles. The molecule has 0 bridgehead atoms. The summed E-state index contributed by atoms with van der Waals surface area (Å²) in [6, 6.07) is 14.2. The normalized spacial score (nSPS) is 11.2. The average Bonchev–Trinajstić information content (AvgIpc) is 2.60. The van der Waals surface area contributed by atoms with E-state index in [9.17, 15) is 13.2 Å². The summed E-state index contributed by atoms with van der Waals surface area (Å²) in [6.45, 7) is 2.52. The van der Waals surface area contributed by atoms with Crippen molar-refractivity contribution in [2.45, 2.75) is 24.8 Å². The number of hydrogen-bond donors (Lipinski definition) is 0. The van der Waals surface area contributed by atoms with Gasteiger partial charge in [-0.25, -0.2) is 8.42 Å². The van der Waals surface area contributed by atoms with Crippen molar-refractivity contribution in [2.75, 3.05) is 19.9 Å². The molecule has 1 amide bonds. The van der Waals surface area contributed by atoms with Gasteiger partial charge < -0.3 is 9.64 Å². The molecule has 0 saturated carbocycles. The maximum atomic E-state index is 12.2. The van der Waals surface area contributed by atoms with Gasteiger partial charge in [-0.15, -0.1) is 0 Å². The van der Waals surface area contributed by atoms with E-state index in [0.29, 0.717) is 12.3 Å². The molecule has 2 aromatic rings. The monoisotopic (exact) mass is 361 g/mol.